The summed E-state index contributed by atoms with van der Waals surface area (Å²) in [6.07, 6.45) is 2.75. The number of nitrogens with zero attached hydrogens (tertiary/aromatic N) is 1. The number of halogens is 1. The number of anilines is 1. The second-order valence-electron chi connectivity index (χ2n) is 6.20. The van der Waals surface area contributed by atoms with E-state index >= 15 is 0 Å². The molecule has 1 aliphatic rings. The van der Waals surface area contributed by atoms with Gasteiger partial charge in [0.25, 0.3) is 0 Å². The van der Waals surface area contributed by atoms with Crippen LogP contribution in [0.3, 0.4) is 0 Å². The summed E-state index contributed by atoms with van der Waals surface area (Å²) < 4.78 is 6.07. The molecule has 1 unspecified atom stereocenters. The molecule has 3 nitrogen and oxygen atoms in total. The van der Waals surface area contributed by atoms with E-state index in [0.29, 0.717) is 5.15 Å². The fourth-order valence-electron chi connectivity index (χ4n) is 2.63. The maximum absolute atomic E-state index is 6.07. The van der Waals surface area contributed by atoms with Crippen molar-refractivity contribution >= 4 is 17.3 Å². The van der Waals surface area contributed by atoms with Gasteiger partial charge in [0.2, 0.25) is 0 Å². The summed E-state index contributed by atoms with van der Waals surface area (Å²) in [7, 11) is 0. The van der Waals surface area contributed by atoms with Gasteiger partial charge in [-0.2, -0.15) is 0 Å². The molecule has 100 valence electrons. The Morgan fingerprint density at radius 2 is 2.06 bits per heavy atom. The lowest BCUT2D eigenvalue weighted by Crippen LogP contribution is -2.38. The molecule has 0 aliphatic carbocycles. The molecule has 1 aromatic heterocycles. The van der Waals surface area contributed by atoms with Gasteiger partial charge in [0.1, 0.15) is 5.15 Å². The first-order chi connectivity index (χ1) is 8.20. The molecule has 1 saturated heterocycles. The summed E-state index contributed by atoms with van der Waals surface area (Å²) in [6, 6.07) is 2.30. The van der Waals surface area contributed by atoms with E-state index in [2.05, 4.69) is 38.0 Å². The van der Waals surface area contributed by atoms with E-state index in [1.165, 1.54) is 0 Å². The first-order valence-electron chi connectivity index (χ1n) is 6.28. The van der Waals surface area contributed by atoms with Crippen molar-refractivity contribution < 1.29 is 4.74 Å². The molecule has 2 rings (SSSR count). The smallest absolute Gasteiger partial charge is 0.132 e. The van der Waals surface area contributed by atoms with Crippen molar-refractivity contribution in [3.63, 3.8) is 0 Å². The number of pyridine rings is 1. The third-order valence-corrected chi connectivity index (χ3v) is 3.83. The monoisotopic (exact) mass is 268 g/mol. The molecule has 1 N–H and O–H groups in total. The van der Waals surface area contributed by atoms with Gasteiger partial charge >= 0.3 is 0 Å². The number of nitrogens with one attached hydrogen (secondary N) is 1. The van der Waals surface area contributed by atoms with Crippen molar-refractivity contribution in [2.45, 2.75) is 58.3 Å². The second kappa shape index (κ2) is 4.39. The molecule has 0 spiro atoms. The van der Waals surface area contributed by atoms with E-state index in [0.717, 1.165) is 17.7 Å². The highest BCUT2D eigenvalue weighted by Crippen LogP contribution is 2.38. The topological polar surface area (TPSA) is 34.1 Å². The Morgan fingerprint density at radius 3 is 2.56 bits per heavy atom. The number of hydrogen-bond donors (Lipinski definition) is 1. The maximum atomic E-state index is 6.07. The number of ether oxygens (including phenoxy) is 1. The molecule has 2 heterocycles. The quantitative estimate of drug-likeness (QED) is 0.829. The maximum Gasteiger partial charge on any atom is 0.132 e. The molecule has 0 amide bonds. The Morgan fingerprint density at radius 1 is 1.39 bits per heavy atom. The predicted octanol–water partition coefficient (Wildman–Crippen LogP) is 3.80. The summed E-state index contributed by atoms with van der Waals surface area (Å²) in [5.74, 6) is 0. The molecule has 0 aromatic carbocycles. The zero-order valence-corrected chi connectivity index (χ0v) is 12.4. The van der Waals surface area contributed by atoms with Gasteiger partial charge in [0.05, 0.1) is 29.1 Å². The van der Waals surface area contributed by atoms with Crippen molar-refractivity contribution in [2.75, 3.05) is 5.32 Å². The van der Waals surface area contributed by atoms with E-state index in [1.54, 1.807) is 6.20 Å². The van der Waals surface area contributed by atoms with Crippen LogP contribution in [0.25, 0.3) is 0 Å². The highest BCUT2D eigenvalue weighted by Gasteiger charge is 2.45. The largest absolute Gasteiger partial charge is 0.378 e. The van der Waals surface area contributed by atoms with Crippen molar-refractivity contribution in [1.82, 2.24) is 4.98 Å². The molecule has 1 fully saturated rings. The molecule has 1 atom stereocenters. The number of aromatic nitrogens is 1. The first-order valence-corrected chi connectivity index (χ1v) is 6.66. The SMILES string of the molecule is Cc1cc(NC2CC(C)(C)OC2(C)C)cnc1Cl. The van der Waals surface area contributed by atoms with E-state index in [1.807, 2.05) is 13.0 Å². The van der Waals surface area contributed by atoms with Crippen LogP contribution >= 0.6 is 11.6 Å². The molecule has 4 heteroatoms. The van der Waals surface area contributed by atoms with E-state index < -0.39 is 0 Å². The van der Waals surface area contributed by atoms with Gasteiger partial charge in [-0.05, 0) is 52.7 Å². The summed E-state index contributed by atoms with van der Waals surface area (Å²) in [5, 5.41) is 4.07. The summed E-state index contributed by atoms with van der Waals surface area (Å²) in [6.45, 7) is 10.5. The summed E-state index contributed by atoms with van der Waals surface area (Å²) in [4.78, 5) is 4.17. The number of aryl methyl sites for hydroxylation is 1. The normalized spacial score (nSPS) is 25.1. The van der Waals surface area contributed by atoms with Gasteiger partial charge in [0.15, 0.2) is 0 Å². The van der Waals surface area contributed by atoms with E-state index in [-0.39, 0.29) is 17.2 Å². The Bertz CT molecular complexity index is 457. The third-order valence-electron chi connectivity index (χ3n) is 3.43. The van der Waals surface area contributed by atoms with Gasteiger partial charge in [-0.15, -0.1) is 0 Å². The van der Waals surface area contributed by atoms with Gasteiger partial charge in [-0.3, -0.25) is 0 Å². The Kier molecular flexibility index (Phi) is 3.32. The van der Waals surface area contributed by atoms with Gasteiger partial charge in [-0.25, -0.2) is 4.98 Å². The van der Waals surface area contributed by atoms with Crippen LogP contribution in [-0.2, 0) is 4.74 Å². The average Bonchev–Trinajstić information content (AvgIpc) is 2.40. The van der Waals surface area contributed by atoms with Crippen molar-refractivity contribution in [3.8, 4) is 0 Å². The van der Waals surface area contributed by atoms with Crippen molar-refractivity contribution in [1.29, 1.82) is 0 Å². The minimum atomic E-state index is -0.183. The average molecular weight is 269 g/mol. The lowest BCUT2D eigenvalue weighted by Gasteiger charge is -2.28. The Labute approximate surface area is 114 Å². The fraction of sp³-hybridized carbons (Fsp3) is 0.643. The minimum Gasteiger partial charge on any atom is -0.378 e. The first kappa shape index (κ1) is 13.6. The third kappa shape index (κ3) is 2.78. The van der Waals surface area contributed by atoms with Crippen LogP contribution < -0.4 is 5.32 Å². The lowest BCUT2D eigenvalue weighted by atomic mass is 9.94. The van der Waals surface area contributed by atoms with E-state index in [9.17, 15) is 0 Å². The zero-order valence-electron chi connectivity index (χ0n) is 11.7. The highest BCUT2D eigenvalue weighted by molar-refractivity contribution is 6.30. The lowest BCUT2D eigenvalue weighted by molar-refractivity contribution is -0.0662. The molecule has 0 bridgehead atoms. The van der Waals surface area contributed by atoms with Crippen LogP contribution in [0.2, 0.25) is 5.15 Å². The zero-order chi connectivity index (χ0) is 13.6. The molecular weight excluding hydrogens is 248 g/mol. The van der Waals surface area contributed by atoms with Crippen LogP contribution in [0.1, 0.15) is 39.7 Å². The molecule has 18 heavy (non-hydrogen) atoms. The molecule has 1 aromatic rings. The van der Waals surface area contributed by atoms with Gasteiger partial charge in [-0.1, -0.05) is 11.6 Å². The summed E-state index contributed by atoms with van der Waals surface area (Å²) >= 11 is 5.94. The number of hydrogen-bond acceptors (Lipinski definition) is 3. The standard InChI is InChI=1S/C14H21ClN2O/c1-9-6-10(8-16-12(9)15)17-11-7-13(2,3)18-14(11,4)5/h6,8,11,17H,7H2,1-5H3. The predicted molar refractivity (Wildman–Crippen MR) is 75.3 cm³/mol. The molecule has 0 radical (unpaired) electrons. The molecule has 0 saturated carbocycles. The summed E-state index contributed by atoms with van der Waals surface area (Å²) in [5.41, 5.74) is 1.71. The Hall–Kier alpha value is -0.800. The molecular formula is C14H21ClN2O. The molecule has 1 aliphatic heterocycles. The van der Waals surface area contributed by atoms with Gasteiger partial charge < -0.3 is 10.1 Å². The van der Waals surface area contributed by atoms with Crippen LogP contribution in [0.4, 0.5) is 5.69 Å². The minimum absolute atomic E-state index is 0.0872. The van der Waals surface area contributed by atoms with Crippen molar-refractivity contribution in [3.05, 3.63) is 23.0 Å². The number of rotatable bonds is 2. The Balaban J connectivity index is 2.16. The van der Waals surface area contributed by atoms with E-state index in [4.69, 9.17) is 16.3 Å². The second-order valence-corrected chi connectivity index (χ2v) is 6.56. The van der Waals surface area contributed by atoms with Crippen LogP contribution in [0.5, 0.6) is 0 Å². The highest BCUT2D eigenvalue weighted by atomic mass is 35.5. The fourth-order valence-corrected chi connectivity index (χ4v) is 2.73. The van der Waals surface area contributed by atoms with Gasteiger partial charge in [0, 0.05) is 0 Å². The van der Waals surface area contributed by atoms with Crippen LogP contribution in [-0.4, -0.2) is 22.2 Å². The van der Waals surface area contributed by atoms with Crippen LogP contribution in [0.15, 0.2) is 12.3 Å². The van der Waals surface area contributed by atoms with Crippen molar-refractivity contribution in [2.24, 2.45) is 0 Å². The van der Waals surface area contributed by atoms with Crippen LogP contribution in [0, 0.1) is 6.92 Å².